The topological polar surface area (TPSA) is 73.2 Å². The first-order valence-corrected chi connectivity index (χ1v) is 14.6. The van der Waals surface area contributed by atoms with Gasteiger partial charge in [-0.15, -0.1) is 0 Å². The molecule has 6 nitrogen and oxygen atoms in total. The van der Waals surface area contributed by atoms with Crippen molar-refractivity contribution < 1.29 is 14.7 Å². The Bertz CT molecular complexity index is 1440. The van der Waals surface area contributed by atoms with E-state index < -0.39 is 5.41 Å². The van der Waals surface area contributed by atoms with E-state index >= 15 is 0 Å². The zero-order valence-electron chi connectivity index (χ0n) is 25.5. The second-order valence-electron chi connectivity index (χ2n) is 12.2. The lowest BCUT2D eigenvalue weighted by Crippen LogP contribution is -2.28. The number of anilines is 1. The average molecular weight is 554 g/mol. The molecule has 0 fully saturated rings. The lowest BCUT2D eigenvalue weighted by molar-refractivity contribution is -0.124. The highest BCUT2D eigenvalue weighted by Gasteiger charge is 2.37. The van der Waals surface area contributed by atoms with Crippen LogP contribution >= 0.6 is 0 Å². The third kappa shape index (κ3) is 6.37. The van der Waals surface area contributed by atoms with Crippen LogP contribution in [0.1, 0.15) is 65.9 Å². The minimum atomic E-state index is -0.672. The fourth-order valence-electron chi connectivity index (χ4n) is 5.13. The summed E-state index contributed by atoms with van der Waals surface area (Å²) in [6.07, 6.45) is 16.0. The molecule has 41 heavy (non-hydrogen) atoms. The number of carbonyl (C=O) groups excluding carboxylic acids is 2. The largest absolute Gasteiger partial charge is 0.506 e. The van der Waals surface area contributed by atoms with Gasteiger partial charge in [0.05, 0.1) is 16.9 Å². The van der Waals surface area contributed by atoms with Gasteiger partial charge in [0, 0.05) is 54.8 Å². The second-order valence-corrected chi connectivity index (χ2v) is 12.2. The number of benzene rings is 1. The number of amides is 1. The molecule has 1 amide bonds. The molecule has 3 aliphatic rings. The number of allylic oxidation sites excluding steroid dienone is 9. The molecule has 1 aromatic rings. The fourth-order valence-corrected chi connectivity index (χ4v) is 5.13. The molecule has 6 heteroatoms. The van der Waals surface area contributed by atoms with Gasteiger partial charge in [-0.2, -0.15) is 0 Å². The number of nitrogens with zero attached hydrogens (tertiary/aromatic N) is 3. The highest BCUT2D eigenvalue weighted by molar-refractivity contribution is 6.28. The van der Waals surface area contributed by atoms with E-state index in [2.05, 4.69) is 42.1 Å². The van der Waals surface area contributed by atoms with E-state index in [4.69, 9.17) is 0 Å². The molecule has 2 aliphatic carbocycles. The van der Waals surface area contributed by atoms with Crippen molar-refractivity contribution in [1.82, 2.24) is 4.90 Å². The third-order valence-corrected chi connectivity index (χ3v) is 7.85. The molecule has 0 saturated carbocycles. The SMILES string of the molecule is CCCCC(CC)CN1C=CC(=CC2=C(O)C(=C3C=CC(N(C)C)=CC3=NC(=O)C(C)(C)C)C2=O)c2ccccc21. The number of fused-ring (bicyclic) bond motifs is 1. The van der Waals surface area contributed by atoms with Gasteiger partial charge in [0.2, 0.25) is 5.78 Å². The molecule has 0 saturated heterocycles. The zero-order chi connectivity index (χ0) is 29.9. The normalized spacial score (nSPS) is 21.3. The molecule has 1 unspecified atom stereocenters. The van der Waals surface area contributed by atoms with Gasteiger partial charge in [0.15, 0.2) is 0 Å². The predicted molar refractivity (Wildman–Crippen MR) is 169 cm³/mol. The van der Waals surface area contributed by atoms with Crippen molar-refractivity contribution in [2.75, 3.05) is 25.5 Å². The van der Waals surface area contributed by atoms with Gasteiger partial charge in [-0.3, -0.25) is 9.59 Å². The van der Waals surface area contributed by atoms with Gasteiger partial charge in [0.1, 0.15) is 5.76 Å². The van der Waals surface area contributed by atoms with E-state index in [0.717, 1.165) is 35.5 Å². The van der Waals surface area contributed by atoms with Gasteiger partial charge in [-0.1, -0.05) is 72.1 Å². The van der Waals surface area contributed by atoms with Crippen LogP contribution in [0.15, 0.2) is 94.0 Å². The number of likely N-dealkylation sites (N-methyl/N-ethyl adjacent to an activating group) is 1. The van der Waals surface area contributed by atoms with Gasteiger partial charge in [-0.05, 0) is 54.4 Å². The summed E-state index contributed by atoms with van der Waals surface area (Å²) in [7, 11) is 3.80. The van der Waals surface area contributed by atoms with Crippen LogP contribution in [0.2, 0.25) is 0 Å². The summed E-state index contributed by atoms with van der Waals surface area (Å²) in [6, 6.07) is 8.21. The molecular formula is C35H43N3O3. The first kappa shape index (κ1) is 30.0. The summed E-state index contributed by atoms with van der Waals surface area (Å²) in [4.78, 5) is 34.9. The fraction of sp³-hybridized carbons (Fsp3) is 0.400. The number of aliphatic imine (C=N–C) groups is 1. The summed E-state index contributed by atoms with van der Waals surface area (Å²) >= 11 is 0. The molecule has 0 radical (unpaired) electrons. The van der Waals surface area contributed by atoms with Crippen LogP contribution in [-0.4, -0.2) is 48.0 Å². The van der Waals surface area contributed by atoms with Crippen LogP contribution in [-0.2, 0) is 9.59 Å². The quantitative estimate of drug-likeness (QED) is 0.341. The summed E-state index contributed by atoms with van der Waals surface area (Å²) in [6.45, 7) is 10.9. The van der Waals surface area contributed by atoms with Crippen molar-refractivity contribution in [3.63, 3.8) is 0 Å². The van der Waals surface area contributed by atoms with Crippen LogP contribution in [0.5, 0.6) is 0 Å². The van der Waals surface area contributed by atoms with Crippen molar-refractivity contribution >= 4 is 28.7 Å². The van der Waals surface area contributed by atoms with E-state index in [1.807, 2.05) is 64.1 Å². The van der Waals surface area contributed by atoms with Gasteiger partial charge in [0.25, 0.3) is 5.91 Å². The maximum absolute atomic E-state index is 13.5. The number of aliphatic hydroxyl groups excluding tert-OH is 1. The van der Waals surface area contributed by atoms with E-state index in [1.54, 1.807) is 18.2 Å². The Morgan fingerprint density at radius 1 is 1.12 bits per heavy atom. The molecule has 1 N–H and O–H groups in total. The molecule has 4 rings (SSSR count). The second kappa shape index (κ2) is 12.3. The molecule has 0 spiro atoms. The van der Waals surface area contributed by atoms with E-state index in [-0.39, 0.29) is 28.6 Å². The maximum Gasteiger partial charge on any atom is 0.251 e. The summed E-state index contributed by atoms with van der Waals surface area (Å²) < 4.78 is 0. The van der Waals surface area contributed by atoms with E-state index in [9.17, 15) is 14.7 Å². The Morgan fingerprint density at radius 3 is 2.49 bits per heavy atom. The number of rotatable bonds is 8. The minimum Gasteiger partial charge on any atom is -0.506 e. The van der Waals surface area contributed by atoms with Gasteiger partial charge in [-0.25, -0.2) is 4.99 Å². The molecule has 216 valence electrons. The Kier molecular flexibility index (Phi) is 9.01. The monoisotopic (exact) mass is 553 g/mol. The lowest BCUT2D eigenvalue weighted by Gasteiger charge is -2.31. The van der Waals surface area contributed by atoms with E-state index in [0.29, 0.717) is 17.2 Å². The lowest BCUT2D eigenvalue weighted by atomic mass is 9.80. The van der Waals surface area contributed by atoms with Crippen LogP contribution in [0.3, 0.4) is 0 Å². The summed E-state index contributed by atoms with van der Waals surface area (Å²) in [5.74, 6) is -0.00909. The highest BCUT2D eigenvalue weighted by atomic mass is 16.3. The molecule has 1 atom stereocenters. The Labute approximate surface area is 244 Å². The number of carbonyl (C=O) groups is 2. The number of aliphatic hydroxyl groups is 1. The molecule has 1 aliphatic heterocycles. The van der Waals surface area contributed by atoms with Crippen molar-refractivity contribution in [2.24, 2.45) is 16.3 Å². The maximum atomic E-state index is 13.5. The molecular weight excluding hydrogens is 510 g/mol. The molecule has 0 aromatic heterocycles. The van der Waals surface area contributed by atoms with Crippen molar-refractivity contribution in [3.8, 4) is 0 Å². The first-order chi connectivity index (χ1) is 19.5. The number of unbranched alkanes of at least 4 members (excludes halogenated alkanes) is 1. The van der Waals surface area contributed by atoms with Crippen molar-refractivity contribution in [3.05, 3.63) is 94.6 Å². The molecule has 1 heterocycles. The Morgan fingerprint density at radius 2 is 1.85 bits per heavy atom. The van der Waals surface area contributed by atoms with E-state index in [1.165, 1.54) is 19.3 Å². The van der Waals surface area contributed by atoms with Gasteiger partial charge >= 0.3 is 0 Å². The standard InChI is InChI=1S/C35H43N3O3/c1-8-10-13-23(9-2)22-38-19-18-24(26-14-11-12-15-30(26)38)20-28-32(39)31(33(28)40)27-17-16-25(37(6)7)21-29(27)36-34(41)35(3,4)5/h11-12,14-21,23,39H,8-10,13,22H2,1-7H3. The number of hydrogen-bond donors (Lipinski definition) is 1. The minimum absolute atomic E-state index is 0.0707. The average Bonchev–Trinajstić information content (AvgIpc) is 2.94. The summed E-state index contributed by atoms with van der Waals surface area (Å²) in [5, 5.41) is 11.2. The molecule has 1 aromatic carbocycles. The number of hydrogen-bond acceptors (Lipinski definition) is 5. The van der Waals surface area contributed by atoms with Crippen molar-refractivity contribution in [1.29, 1.82) is 0 Å². The van der Waals surface area contributed by atoms with Gasteiger partial charge < -0.3 is 14.9 Å². The van der Waals surface area contributed by atoms with Crippen LogP contribution in [0.4, 0.5) is 5.69 Å². The Balaban J connectivity index is 1.70. The van der Waals surface area contributed by atoms with Crippen LogP contribution < -0.4 is 4.90 Å². The predicted octanol–water partition coefficient (Wildman–Crippen LogP) is 7.34. The Hall–Kier alpha value is -3.93. The third-order valence-electron chi connectivity index (χ3n) is 7.85. The molecule has 0 bridgehead atoms. The first-order valence-electron chi connectivity index (χ1n) is 14.6. The zero-order valence-corrected chi connectivity index (χ0v) is 25.5. The summed E-state index contributed by atoms with van der Waals surface area (Å²) in [5.41, 5.74) is 4.49. The number of para-hydroxylation sites is 1. The van der Waals surface area contributed by atoms with Crippen LogP contribution in [0.25, 0.3) is 5.57 Å². The van der Waals surface area contributed by atoms with Crippen LogP contribution in [0, 0.1) is 11.3 Å². The highest BCUT2D eigenvalue weighted by Crippen LogP contribution is 2.39. The smallest absolute Gasteiger partial charge is 0.251 e. The number of Topliss-reactive ketones (excluding diaryl/α,β-unsaturated/α-hetero) is 1. The van der Waals surface area contributed by atoms with Crippen molar-refractivity contribution in [2.45, 2.75) is 60.3 Å². The number of ketones is 1.